The van der Waals surface area contributed by atoms with Crippen molar-refractivity contribution in [2.45, 2.75) is 0 Å². The second-order valence-electron chi connectivity index (χ2n) is 4.60. The van der Waals surface area contributed by atoms with Gasteiger partial charge in [-0.1, -0.05) is 35.1 Å². The fourth-order valence-electron chi connectivity index (χ4n) is 2.20. The number of aromatic nitrogens is 3. The number of fused-ring (bicyclic) bond motifs is 2. The number of hydrogen-bond acceptors (Lipinski definition) is 5. The van der Waals surface area contributed by atoms with Crippen LogP contribution in [0.3, 0.4) is 0 Å². The summed E-state index contributed by atoms with van der Waals surface area (Å²) in [5.74, 6) is 0. The van der Waals surface area contributed by atoms with Crippen LogP contribution in [0.4, 0.5) is 0 Å². The molecule has 0 fully saturated rings. The average Bonchev–Trinajstić information content (AvgIpc) is 3.16. The van der Waals surface area contributed by atoms with E-state index in [9.17, 15) is 0 Å². The Bertz CT molecular complexity index is 1070. The largest absolute Gasteiger partial charge is 0.318 e. The molecule has 4 aromatic rings. The number of rotatable bonds is 2. The zero-order valence-corrected chi connectivity index (χ0v) is 13.9. The van der Waals surface area contributed by atoms with Crippen molar-refractivity contribution in [3.63, 3.8) is 0 Å². The van der Waals surface area contributed by atoms with E-state index >= 15 is 0 Å². The zero-order valence-electron chi connectivity index (χ0n) is 11.5. The van der Waals surface area contributed by atoms with Crippen LogP contribution in [0.15, 0.2) is 46.0 Å². The van der Waals surface area contributed by atoms with Crippen molar-refractivity contribution in [1.29, 1.82) is 0 Å². The molecule has 110 valence electrons. The highest BCUT2D eigenvalue weighted by atomic mass is 35.5. The summed E-state index contributed by atoms with van der Waals surface area (Å²) in [6.07, 6.45) is 3.55. The first kappa shape index (κ1) is 13.7. The minimum absolute atomic E-state index is 0.437. The Labute approximate surface area is 138 Å². The van der Waals surface area contributed by atoms with E-state index in [2.05, 4.69) is 27.3 Å². The van der Waals surface area contributed by atoms with Gasteiger partial charge < -0.3 is 4.57 Å². The number of thiazole rings is 2. The van der Waals surface area contributed by atoms with E-state index in [1.54, 1.807) is 17.6 Å². The van der Waals surface area contributed by atoms with E-state index in [4.69, 9.17) is 11.6 Å². The molecule has 0 bridgehead atoms. The smallest absolute Gasteiger partial charge is 0.211 e. The molecule has 0 N–H and O–H groups in total. The highest BCUT2D eigenvalue weighted by molar-refractivity contribution is 7.16. The SMILES string of the molecule is Cn1/c(=N/N=C/c2c(Cl)nc3sccn23)sc2ccccc21. The van der Waals surface area contributed by atoms with E-state index in [1.165, 1.54) is 16.0 Å². The Morgan fingerprint density at radius 3 is 3.05 bits per heavy atom. The molecule has 1 aromatic carbocycles. The second-order valence-corrected chi connectivity index (χ2v) is 6.84. The number of hydrogen-bond donors (Lipinski definition) is 0. The topological polar surface area (TPSA) is 47.0 Å². The van der Waals surface area contributed by atoms with Gasteiger partial charge in [-0.25, -0.2) is 4.98 Å². The minimum atomic E-state index is 0.437. The maximum absolute atomic E-state index is 6.13. The molecular weight excluding hydrogens is 338 g/mol. The molecule has 22 heavy (non-hydrogen) atoms. The first-order chi connectivity index (χ1) is 10.7. The lowest BCUT2D eigenvalue weighted by atomic mass is 10.3. The molecule has 8 heteroatoms. The molecule has 0 aliphatic heterocycles. The van der Waals surface area contributed by atoms with Crippen molar-refractivity contribution in [1.82, 2.24) is 14.0 Å². The molecule has 3 aromatic heterocycles. The fourth-order valence-corrected chi connectivity index (χ4v) is 4.17. The first-order valence-electron chi connectivity index (χ1n) is 6.47. The highest BCUT2D eigenvalue weighted by Crippen LogP contribution is 2.19. The lowest BCUT2D eigenvalue weighted by molar-refractivity contribution is 0.889. The van der Waals surface area contributed by atoms with Crippen molar-refractivity contribution < 1.29 is 0 Å². The van der Waals surface area contributed by atoms with Crippen molar-refractivity contribution >= 4 is 55.7 Å². The summed E-state index contributed by atoms with van der Waals surface area (Å²) in [5, 5.41) is 10.9. The van der Waals surface area contributed by atoms with Crippen molar-refractivity contribution in [3.05, 3.63) is 51.5 Å². The Hall–Kier alpha value is -1.96. The van der Waals surface area contributed by atoms with Gasteiger partial charge in [-0.05, 0) is 12.1 Å². The molecule has 0 spiro atoms. The quantitative estimate of drug-likeness (QED) is 0.404. The Kier molecular flexibility index (Phi) is 3.33. The van der Waals surface area contributed by atoms with Crippen LogP contribution in [0.2, 0.25) is 5.15 Å². The van der Waals surface area contributed by atoms with Gasteiger partial charge in [-0.2, -0.15) is 5.10 Å². The standard InChI is InChI=1S/C14H10ClN5S2/c1-19-9-4-2-3-5-11(9)22-14(19)18-16-8-10-12(15)17-13-20(10)6-7-21-13/h2-8H,1H3/b16-8+,18-14-. The van der Waals surface area contributed by atoms with Crippen LogP contribution in [-0.2, 0) is 7.05 Å². The summed E-state index contributed by atoms with van der Waals surface area (Å²) in [5.41, 5.74) is 1.88. The molecule has 0 saturated carbocycles. The molecule has 0 unspecified atom stereocenters. The van der Waals surface area contributed by atoms with Gasteiger partial charge in [0.1, 0.15) is 5.69 Å². The average molecular weight is 348 g/mol. The van der Waals surface area contributed by atoms with Crippen LogP contribution in [-0.4, -0.2) is 20.2 Å². The third kappa shape index (κ3) is 2.18. The molecule has 5 nitrogen and oxygen atoms in total. The van der Waals surface area contributed by atoms with Crippen molar-refractivity contribution in [3.8, 4) is 0 Å². The fraction of sp³-hybridized carbons (Fsp3) is 0.0714. The summed E-state index contributed by atoms with van der Waals surface area (Å²) in [4.78, 5) is 5.94. The summed E-state index contributed by atoms with van der Waals surface area (Å²) >= 11 is 9.26. The molecule has 0 saturated heterocycles. The van der Waals surface area contributed by atoms with E-state index in [0.29, 0.717) is 5.15 Å². The zero-order chi connectivity index (χ0) is 15.1. The summed E-state index contributed by atoms with van der Waals surface area (Å²) in [6, 6.07) is 8.18. The van der Waals surface area contributed by atoms with Crippen LogP contribution in [0, 0.1) is 0 Å². The van der Waals surface area contributed by atoms with Gasteiger partial charge in [-0.3, -0.25) is 4.40 Å². The van der Waals surface area contributed by atoms with Gasteiger partial charge in [0.05, 0.1) is 16.4 Å². The van der Waals surface area contributed by atoms with Crippen molar-refractivity contribution in [2.24, 2.45) is 17.3 Å². The van der Waals surface area contributed by atoms with Crippen LogP contribution in [0.1, 0.15) is 5.69 Å². The van der Waals surface area contributed by atoms with E-state index < -0.39 is 0 Å². The van der Waals surface area contributed by atoms with E-state index in [-0.39, 0.29) is 0 Å². The summed E-state index contributed by atoms with van der Waals surface area (Å²) < 4.78 is 5.11. The summed E-state index contributed by atoms with van der Waals surface area (Å²) in [7, 11) is 1.98. The number of aryl methyl sites for hydroxylation is 1. The van der Waals surface area contributed by atoms with Crippen LogP contribution < -0.4 is 4.80 Å². The van der Waals surface area contributed by atoms with Gasteiger partial charge in [0.25, 0.3) is 0 Å². The number of para-hydroxylation sites is 1. The lowest BCUT2D eigenvalue weighted by Gasteiger charge is -1.92. The predicted octanol–water partition coefficient (Wildman–Crippen LogP) is 3.54. The molecule has 3 heterocycles. The van der Waals surface area contributed by atoms with E-state index in [1.807, 2.05) is 39.7 Å². The lowest BCUT2D eigenvalue weighted by Crippen LogP contribution is -2.08. The minimum Gasteiger partial charge on any atom is -0.318 e. The maximum atomic E-state index is 6.13. The van der Waals surface area contributed by atoms with E-state index in [0.717, 1.165) is 21.0 Å². The van der Waals surface area contributed by atoms with Gasteiger partial charge in [-0.15, -0.1) is 16.4 Å². The molecule has 0 aliphatic carbocycles. The molecule has 0 aliphatic rings. The van der Waals surface area contributed by atoms with Gasteiger partial charge >= 0.3 is 0 Å². The predicted molar refractivity (Wildman–Crippen MR) is 92.0 cm³/mol. The van der Waals surface area contributed by atoms with Crippen LogP contribution >= 0.6 is 34.3 Å². The molecule has 0 radical (unpaired) electrons. The molecular formula is C14H10ClN5S2. The number of nitrogens with zero attached hydrogens (tertiary/aromatic N) is 5. The Balaban J connectivity index is 1.78. The van der Waals surface area contributed by atoms with Crippen molar-refractivity contribution in [2.75, 3.05) is 0 Å². The first-order valence-corrected chi connectivity index (χ1v) is 8.54. The third-order valence-corrected chi connectivity index (χ3v) is 5.43. The monoisotopic (exact) mass is 347 g/mol. The molecule has 0 atom stereocenters. The maximum Gasteiger partial charge on any atom is 0.211 e. The second kappa shape index (κ2) is 5.35. The van der Waals surface area contributed by atoms with Crippen LogP contribution in [0.25, 0.3) is 15.2 Å². The number of benzene rings is 1. The third-order valence-electron chi connectivity index (χ3n) is 3.29. The van der Waals surface area contributed by atoms with Gasteiger partial charge in [0.2, 0.25) is 4.80 Å². The molecule has 0 amide bonds. The van der Waals surface area contributed by atoms with Gasteiger partial charge in [0.15, 0.2) is 10.1 Å². The van der Waals surface area contributed by atoms with Crippen LogP contribution in [0.5, 0.6) is 0 Å². The number of imidazole rings is 1. The molecule has 4 rings (SSSR count). The highest BCUT2D eigenvalue weighted by Gasteiger charge is 2.08. The van der Waals surface area contributed by atoms with Gasteiger partial charge in [0, 0.05) is 18.6 Å². The number of halogens is 1. The Morgan fingerprint density at radius 1 is 1.32 bits per heavy atom. The normalized spacial score (nSPS) is 13.1. The summed E-state index contributed by atoms with van der Waals surface area (Å²) in [6.45, 7) is 0. The Morgan fingerprint density at radius 2 is 2.18 bits per heavy atom.